The van der Waals surface area contributed by atoms with E-state index in [4.69, 9.17) is 10.5 Å². The maximum atomic E-state index is 13.0. The molecular formula is C26H27N3O3. The zero-order chi connectivity index (χ0) is 22.6. The van der Waals surface area contributed by atoms with Crippen molar-refractivity contribution in [2.45, 2.75) is 19.3 Å². The summed E-state index contributed by atoms with van der Waals surface area (Å²) >= 11 is 0. The largest absolute Gasteiger partial charge is 0.497 e. The number of primary amides is 1. The molecule has 1 aliphatic heterocycles. The van der Waals surface area contributed by atoms with Crippen LogP contribution in [0.4, 0.5) is 0 Å². The number of pyridine rings is 1. The zero-order valence-electron chi connectivity index (χ0n) is 18.2. The minimum absolute atomic E-state index is 0.00108. The fraction of sp³-hybridized carbons (Fsp3) is 0.269. The fourth-order valence-electron chi connectivity index (χ4n) is 4.39. The molecule has 3 aromatic rings. The van der Waals surface area contributed by atoms with E-state index in [2.05, 4.69) is 4.98 Å². The molecule has 0 spiro atoms. The Bertz CT molecular complexity index is 1100. The van der Waals surface area contributed by atoms with E-state index in [9.17, 15) is 9.59 Å². The van der Waals surface area contributed by atoms with Crippen molar-refractivity contribution < 1.29 is 14.3 Å². The Balaban J connectivity index is 1.52. The molecule has 0 saturated carbocycles. The van der Waals surface area contributed by atoms with Crippen molar-refractivity contribution in [3.8, 4) is 16.9 Å². The molecule has 1 aromatic heterocycles. The van der Waals surface area contributed by atoms with Gasteiger partial charge in [-0.05, 0) is 47.7 Å². The van der Waals surface area contributed by atoms with Crippen LogP contribution in [0.3, 0.4) is 0 Å². The maximum absolute atomic E-state index is 13.0. The lowest BCUT2D eigenvalue weighted by Crippen LogP contribution is -2.42. The van der Waals surface area contributed by atoms with E-state index in [1.54, 1.807) is 18.2 Å². The first kappa shape index (κ1) is 21.6. The van der Waals surface area contributed by atoms with Crippen LogP contribution in [0.15, 0.2) is 73.1 Å². The molecule has 4 rings (SSSR count). The minimum atomic E-state index is -0.784. The number of ether oxygens (including phenoxy) is 1. The molecule has 1 aliphatic rings. The summed E-state index contributed by atoms with van der Waals surface area (Å²) in [4.78, 5) is 31.6. The van der Waals surface area contributed by atoms with E-state index in [1.165, 1.54) is 0 Å². The second kappa shape index (κ2) is 9.22. The Morgan fingerprint density at radius 1 is 1.09 bits per heavy atom. The number of hydrogen-bond donors (Lipinski definition) is 1. The average Bonchev–Trinajstić information content (AvgIpc) is 3.26. The molecule has 2 heterocycles. The van der Waals surface area contributed by atoms with Gasteiger partial charge in [0.15, 0.2) is 0 Å². The Morgan fingerprint density at radius 2 is 1.88 bits per heavy atom. The number of hydrogen-bond acceptors (Lipinski definition) is 4. The molecule has 2 aromatic carbocycles. The van der Waals surface area contributed by atoms with E-state index in [0.717, 1.165) is 28.0 Å². The molecular weight excluding hydrogens is 402 g/mol. The summed E-state index contributed by atoms with van der Waals surface area (Å²) in [6.07, 6.45) is 4.87. The highest BCUT2D eigenvalue weighted by Crippen LogP contribution is 2.37. The first-order chi connectivity index (χ1) is 15.5. The van der Waals surface area contributed by atoms with Crippen molar-refractivity contribution in [3.63, 3.8) is 0 Å². The summed E-state index contributed by atoms with van der Waals surface area (Å²) in [5, 5.41) is 0. The Labute approximate surface area is 188 Å². The van der Waals surface area contributed by atoms with Crippen LogP contribution in [0.25, 0.3) is 11.1 Å². The Kier molecular flexibility index (Phi) is 6.21. The number of nitrogens with two attached hydrogens (primary N) is 1. The molecule has 2 amide bonds. The van der Waals surface area contributed by atoms with E-state index < -0.39 is 5.41 Å². The Morgan fingerprint density at radius 3 is 2.56 bits per heavy atom. The van der Waals surface area contributed by atoms with Crippen LogP contribution in [0.5, 0.6) is 5.75 Å². The maximum Gasteiger partial charge on any atom is 0.227 e. The minimum Gasteiger partial charge on any atom is -0.497 e. The summed E-state index contributed by atoms with van der Waals surface area (Å²) in [5.41, 5.74) is 9.10. The smallest absolute Gasteiger partial charge is 0.227 e. The van der Waals surface area contributed by atoms with Crippen LogP contribution in [0.1, 0.15) is 17.5 Å². The highest BCUT2D eigenvalue weighted by molar-refractivity contribution is 5.85. The summed E-state index contributed by atoms with van der Waals surface area (Å²) in [6.45, 7) is 0.853. The second-order valence-electron chi connectivity index (χ2n) is 8.31. The molecule has 0 radical (unpaired) electrons. The van der Waals surface area contributed by atoms with Gasteiger partial charge in [0.05, 0.1) is 18.9 Å². The second-order valence-corrected chi connectivity index (χ2v) is 8.31. The van der Waals surface area contributed by atoms with Crippen molar-refractivity contribution in [1.82, 2.24) is 9.88 Å². The number of nitrogens with zero attached hydrogens (tertiary/aromatic N) is 2. The molecule has 0 aliphatic carbocycles. The van der Waals surface area contributed by atoms with Gasteiger partial charge in [0, 0.05) is 31.0 Å². The highest BCUT2D eigenvalue weighted by atomic mass is 16.5. The van der Waals surface area contributed by atoms with Crippen LogP contribution in [-0.2, 0) is 22.4 Å². The van der Waals surface area contributed by atoms with Gasteiger partial charge in [-0.15, -0.1) is 0 Å². The number of amides is 2. The summed E-state index contributed by atoms with van der Waals surface area (Å²) in [5.74, 6) is 0.388. The molecule has 1 unspecified atom stereocenters. The molecule has 6 nitrogen and oxygen atoms in total. The molecule has 6 heteroatoms. The van der Waals surface area contributed by atoms with Crippen molar-refractivity contribution in [2.75, 3.05) is 20.2 Å². The summed E-state index contributed by atoms with van der Waals surface area (Å²) in [6, 6.07) is 19.3. The highest BCUT2D eigenvalue weighted by Gasteiger charge is 2.45. The lowest BCUT2D eigenvalue weighted by molar-refractivity contribution is -0.131. The van der Waals surface area contributed by atoms with Crippen LogP contribution in [0, 0.1) is 5.41 Å². The van der Waals surface area contributed by atoms with Gasteiger partial charge in [-0.2, -0.15) is 0 Å². The van der Waals surface area contributed by atoms with Crippen molar-refractivity contribution >= 4 is 11.8 Å². The number of carbonyl (C=O) groups excluding carboxylic acids is 2. The molecule has 1 atom stereocenters. The summed E-state index contributed by atoms with van der Waals surface area (Å²) < 4.78 is 5.18. The zero-order valence-corrected chi connectivity index (χ0v) is 18.2. The third-order valence-corrected chi connectivity index (χ3v) is 6.26. The van der Waals surface area contributed by atoms with E-state index in [0.29, 0.717) is 25.9 Å². The van der Waals surface area contributed by atoms with Crippen molar-refractivity contribution in [3.05, 3.63) is 84.2 Å². The first-order valence-electron chi connectivity index (χ1n) is 10.7. The third kappa shape index (κ3) is 4.49. The van der Waals surface area contributed by atoms with Gasteiger partial charge < -0.3 is 15.4 Å². The van der Waals surface area contributed by atoms with Crippen LogP contribution < -0.4 is 10.5 Å². The van der Waals surface area contributed by atoms with Crippen LogP contribution in [0.2, 0.25) is 0 Å². The molecule has 2 N–H and O–H groups in total. The summed E-state index contributed by atoms with van der Waals surface area (Å²) in [7, 11) is 1.61. The molecule has 32 heavy (non-hydrogen) atoms. The third-order valence-electron chi connectivity index (χ3n) is 6.26. The van der Waals surface area contributed by atoms with E-state index in [-0.39, 0.29) is 18.2 Å². The molecule has 1 saturated heterocycles. The topological polar surface area (TPSA) is 85.5 Å². The predicted octanol–water partition coefficient (Wildman–Crippen LogP) is 3.25. The first-order valence-corrected chi connectivity index (χ1v) is 10.7. The number of rotatable bonds is 7. The molecule has 1 fully saturated rings. The van der Waals surface area contributed by atoms with Crippen molar-refractivity contribution in [2.24, 2.45) is 11.1 Å². The standard InChI is InChI=1S/C26H27N3O3/c1-32-22-10-8-19(9-11-22)15-24(30)29-14-12-26(18-29,25(27)31)16-20-5-2-3-7-23(20)21-6-4-13-28-17-21/h2-11,13,17H,12,14-16,18H2,1H3,(H2,27,31). The Hall–Kier alpha value is -3.67. The quantitative estimate of drug-likeness (QED) is 0.625. The van der Waals surface area contributed by atoms with Gasteiger partial charge in [0.2, 0.25) is 11.8 Å². The predicted molar refractivity (Wildman–Crippen MR) is 123 cm³/mol. The van der Waals surface area contributed by atoms with Crippen LogP contribution >= 0.6 is 0 Å². The van der Waals surface area contributed by atoms with E-state index >= 15 is 0 Å². The fourth-order valence-corrected chi connectivity index (χ4v) is 4.39. The lowest BCUT2D eigenvalue weighted by Gasteiger charge is -2.27. The van der Waals surface area contributed by atoms with Gasteiger partial charge in [-0.25, -0.2) is 0 Å². The monoisotopic (exact) mass is 429 g/mol. The lowest BCUT2D eigenvalue weighted by atomic mass is 9.78. The number of likely N-dealkylation sites (tertiary alicyclic amines) is 1. The molecule has 0 bridgehead atoms. The van der Waals surface area contributed by atoms with Crippen LogP contribution in [-0.4, -0.2) is 41.9 Å². The van der Waals surface area contributed by atoms with Gasteiger partial charge >= 0.3 is 0 Å². The molecule has 164 valence electrons. The number of methoxy groups -OCH3 is 1. The van der Waals surface area contributed by atoms with Gasteiger partial charge in [0.25, 0.3) is 0 Å². The van der Waals surface area contributed by atoms with Gasteiger partial charge in [-0.1, -0.05) is 42.5 Å². The number of benzene rings is 2. The average molecular weight is 430 g/mol. The normalized spacial score (nSPS) is 17.8. The van der Waals surface area contributed by atoms with E-state index in [1.807, 2.05) is 66.9 Å². The number of carbonyl (C=O) groups is 2. The van der Waals surface area contributed by atoms with Gasteiger partial charge in [-0.3, -0.25) is 14.6 Å². The number of aromatic nitrogens is 1. The van der Waals surface area contributed by atoms with Crippen molar-refractivity contribution in [1.29, 1.82) is 0 Å². The van der Waals surface area contributed by atoms with Gasteiger partial charge in [0.1, 0.15) is 5.75 Å². The SMILES string of the molecule is COc1ccc(CC(=O)N2CCC(Cc3ccccc3-c3cccnc3)(C(N)=O)C2)cc1.